The van der Waals surface area contributed by atoms with Crippen LogP contribution in [0.25, 0.3) is 10.8 Å². The Bertz CT molecular complexity index is 1650. The van der Waals surface area contributed by atoms with E-state index in [4.69, 9.17) is 11.6 Å². The second-order valence-corrected chi connectivity index (χ2v) is 12.3. The van der Waals surface area contributed by atoms with Gasteiger partial charge in [0.15, 0.2) is 0 Å². The Kier molecular flexibility index (Phi) is 6.55. The van der Waals surface area contributed by atoms with E-state index in [0.717, 1.165) is 36.7 Å². The van der Waals surface area contributed by atoms with Crippen LogP contribution >= 0.6 is 11.6 Å². The molecule has 1 aliphatic rings. The maximum atomic E-state index is 13.4. The molecular formula is C26H24ClN3O4S2. The summed E-state index contributed by atoms with van der Waals surface area (Å²) in [5, 5.41) is 1.97. The van der Waals surface area contributed by atoms with Gasteiger partial charge in [-0.25, -0.2) is 16.8 Å². The highest BCUT2D eigenvalue weighted by atomic mass is 35.5. The molecule has 7 nitrogen and oxygen atoms in total. The van der Waals surface area contributed by atoms with Gasteiger partial charge < -0.3 is 4.90 Å². The van der Waals surface area contributed by atoms with Crippen molar-refractivity contribution >= 4 is 59.5 Å². The number of hydrogen-bond donors (Lipinski definition) is 2. The van der Waals surface area contributed by atoms with E-state index in [1.165, 1.54) is 12.1 Å². The predicted molar refractivity (Wildman–Crippen MR) is 145 cm³/mol. The Morgan fingerprint density at radius 1 is 0.639 bits per heavy atom. The van der Waals surface area contributed by atoms with Crippen LogP contribution in [0.2, 0.25) is 5.02 Å². The third kappa shape index (κ3) is 5.00. The summed E-state index contributed by atoms with van der Waals surface area (Å²) < 4.78 is 58.2. The summed E-state index contributed by atoms with van der Waals surface area (Å²) in [6, 6.07) is 23.4. The van der Waals surface area contributed by atoms with Gasteiger partial charge in [-0.15, -0.1) is 0 Å². The standard InChI is InChI=1S/C26H24ClN3O4S2/c27-23-9-3-4-10-24(23)28-36(33,34)22-13-14-26(30-15-5-6-16-30)25(18-22)29-35(31,32)21-12-11-19-7-1-2-8-20(19)17-21/h1-4,7-14,17-18,28-29H,5-6,15-16H2. The number of benzene rings is 4. The topological polar surface area (TPSA) is 95.6 Å². The molecular weight excluding hydrogens is 518 g/mol. The normalized spacial score (nSPS) is 14.2. The zero-order valence-corrected chi connectivity index (χ0v) is 21.6. The van der Waals surface area contributed by atoms with Gasteiger partial charge >= 0.3 is 0 Å². The SMILES string of the molecule is O=S(=O)(Nc1ccccc1Cl)c1ccc(N2CCCC2)c(NS(=O)(=O)c2ccc3ccccc3c2)c1. The van der Waals surface area contributed by atoms with Crippen LogP contribution in [0.3, 0.4) is 0 Å². The first-order valence-corrected chi connectivity index (χ1v) is 14.8. The maximum absolute atomic E-state index is 13.4. The number of hydrogen-bond acceptors (Lipinski definition) is 5. The van der Waals surface area contributed by atoms with Gasteiger partial charge in [0.05, 0.1) is 31.9 Å². The molecule has 10 heteroatoms. The van der Waals surface area contributed by atoms with Crippen molar-refractivity contribution in [1.29, 1.82) is 0 Å². The van der Waals surface area contributed by atoms with E-state index in [9.17, 15) is 16.8 Å². The number of nitrogens with zero attached hydrogens (tertiary/aromatic N) is 1. The van der Waals surface area contributed by atoms with Gasteiger partial charge in [-0.3, -0.25) is 9.44 Å². The zero-order valence-electron chi connectivity index (χ0n) is 19.2. The minimum Gasteiger partial charge on any atom is -0.370 e. The molecule has 1 saturated heterocycles. The van der Waals surface area contributed by atoms with Crippen molar-refractivity contribution < 1.29 is 16.8 Å². The second kappa shape index (κ2) is 9.65. The molecule has 0 spiro atoms. The highest BCUT2D eigenvalue weighted by Crippen LogP contribution is 2.34. The molecule has 0 atom stereocenters. The largest absolute Gasteiger partial charge is 0.370 e. The number of para-hydroxylation sites is 1. The molecule has 36 heavy (non-hydrogen) atoms. The lowest BCUT2D eigenvalue weighted by molar-refractivity contribution is 0.598. The number of nitrogens with one attached hydrogen (secondary N) is 2. The number of rotatable bonds is 7. The lowest BCUT2D eigenvalue weighted by atomic mass is 10.1. The molecule has 5 rings (SSSR count). The van der Waals surface area contributed by atoms with Crippen molar-refractivity contribution in [1.82, 2.24) is 0 Å². The van der Waals surface area contributed by atoms with Crippen LogP contribution < -0.4 is 14.3 Å². The van der Waals surface area contributed by atoms with Gasteiger partial charge in [0.2, 0.25) is 0 Å². The summed E-state index contributed by atoms with van der Waals surface area (Å²) in [5.41, 5.74) is 1.07. The molecule has 0 amide bonds. The summed E-state index contributed by atoms with van der Waals surface area (Å²) in [6.07, 6.45) is 1.95. The smallest absolute Gasteiger partial charge is 0.262 e. The quantitative estimate of drug-likeness (QED) is 0.313. The Morgan fingerprint density at radius 2 is 1.22 bits per heavy atom. The van der Waals surface area contributed by atoms with Crippen molar-refractivity contribution in [3.05, 3.63) is 90.0 Å². The summed E-state index contributed by atoms with van der Waals surface area (Å²) in [7, 11) is -8.03. The second-order valence-electron chi connectivity index (χ2n) is 8.57. The van der Waals surface area contributed by atoms with Gasteiger partial charge in [-0.05, 0) is 66.1 Å². The molecule has 4 aromatic carbocycles. The van der Waals surface area contributed by atoms with E-state index in [1.807, 2.05) is 24.3 Å². The first kappa shape index (κ1) is 24.4. The van der Waals surface area contributed by atoms with Crippen molar-refractivity contribution in [2.45, 2.75) is 22.6 Å². The van der Waals surface area contributed by atoms with Gasteiger partial charge in [0, 0.05) is 13.1 Å². The van der Waals surface area contributed by atoms with Crippen LogP contribution in [0.1, 0.15) is 12.8 Å². The number of sulfonamides is 2. The maximum Gasteiger partial charge on any atom is 0.262 e. The molecule has 1 heterocycles. The average molecular weight is 542 g/mol. The fourth-order valence-electron chi connectivity index (χ4n) is 4.28. The van der Waals surface area contributed by atoms with Gasteiger partial charge in [0.1, 0.15) is 0 Å². The van der Waals surface area contributed by atoms with Gasteiger partial charge in [0.25, 0.3) is 20.0 Å². The molecule has 0 aliphatic carbocycles. The highest BCUT2D eigenvalue weighted by Gasteiger charge is 2.24. The highest BCUT2D eigenvalue weighted by molar-refractivity contribution is 7.93. The summed E-state index contributed by atoms with van der Waals surface area (Å²) in [5.74, 6) is 0. The van der Waals surface area contributed by atoms with Crippen molar-refractivity contribution in [3.8, 4) is 0 Å². The molecule has 0 bridgehead atoms. The number of halogens is 1. The minimum atomic E-state index is -4.04. The fourth-order valence-corrected chi connectivity index (χ4v) is 6.73. The van der Waals surface area contributed by atoms with E-state index in [0.29, 0.717) is 5.69 Å². The molecule has 186 valence electrons. The van der Waals surface area contributed by atoms with Crippen molar-refractivity contribution in [3.63, 3.8) is 0 Å². The van der Waals surface area contributed by atoms with Gasteiger partial charge in [-0.2, -0.15) is 0 Å². The summed E-state index contributed by atoms with van der Waals surface area (Å²) >= 11 is 6.13. The Hall–Kier alpha value is -3.27. The zero-order chi connectivity index (χ0) is 25.3. The third-order valence-corrected chi connectivity index (χ3v) is 9.17. The fraction of sp³-hybridized carbons (Fsp3) is 0.154. The van der Waals surface area contributed by atoms with Crippen LogP contribution in [-0.2, 0) is 20.0 Å². The van der Waals surface area contributed by atoms with Gasteiger partial charge in [-0.1, -0.05) is 54.1 Å². The monoisotopic (exact) mass is 541 g/mol. The summed E-state index contributed by atoms with van der Waals surface area (Å²) in [4.78, 5) is 2.06. The van der Waals surface area contributed by atoms with Crippen LogP contribution in [-0.4, -0.2) is 29.9 Å². The van der Waals surface area contributed by atoms with Crippen molar-refractivity contribution in [2.75, 3.05) is 27.4 Å². The Balaban J connectivity index is 1.54. The molecule has 0 saturated carbocycles. The molecule has 0 unspecified atom stereocenters. The van der Waals surface area contributed by atoms with E-state index >= 15 is 0 Å². The van der Waals surface area contributed by atoms with E-state index in [2.05, 4.69) is 14.3 Å². The van der Waals surface area contributed by atoms with Crippen LogP contribution in [0.5, 0.6) is 0 Å². The summed E-state index contributed by atoms with van der Waals surface area (Å²) in [6.45, 7) is 1.52. The molecule has 0 aromatic heterocycles. The Morgan fingerprint density at radius 3 is 1.94 bits per heavy atom. The third-order valence-electron chi connectivity index (χ3n) is 6.12. The van der Waals surface area contributed by atoms with Crippen LogP contribution in [0.15, 0.2) is 94.7 Å². The van der Waals surface area contributed by atoms with E-state index in [1.54, 1.807) is 48.5 Å². The molecule has 1 fully saturated rings. The molecule has 0 radical (unpaired) electrons. The molecule has 2 N–H and O–H groups in total. The lowest BCUT2D eigenvalue weighted by Crippen LogP contribution is -2.22. The predicted octanol–water partition coefficient (Wildman–Crippen LogP) is 5.70. The first-order valence-electron chi connectivity index (χ1n) is 11.4. The number of anilines is 3. The number of fused-ring (bicyclic) bond motifs is 1. The lowest BCUT2D eigenvalue weighted by Gasteiger charge is -2.23. The first-order chi connectivity index (χ1) is 17.2. The van der Waals surface area contributed by atoms with E-state index < -0.39 is 20.0 Å². The minimum absolute atomic E-state index is 0.0819. The molecule has 4 aromatic rings. The average Bonchev–Trinajstić information content (AvgIpc) is 3.39. The van der Waals surface area contributed by atoms with E-state index in [-0.39, 0.29) is 26.2 Å². The Labute approximate surface area is 215 Å². The molecule has 1 aliphatic heterocycles. The van der Waals surface area contributed by atoms with Crippen LogP contribution in [0, 0.1) is 0 Å². The van der Waals surface area contributed by atoms with Crippen molar-refractivity contribution in [2.24, 2.45) is 0 Å². The van der Waals surface area contributed by atoms with Crippen LogP contribution in [0.4, 0.5) is 17.1 Å².